The van der Waals surface area contributed by atoms with E-state index in [0.29, 0.717) is 21.4 Å². The quantitative estimate of drug-likeness (QED) is 0.343. The maximum Gasteiger partial charge on any atom is 0.286 e. The fraction of sp³-hybridized carbons (Fsp3) is 0.222. The van der Waals surface area contributed by atoms with E-state index in [-0.39, 0.29) is 5.91 Å². The Balaban J connectivity index is 1.57. The number of nitrogens with zero attached hydrogens (tertiary/aromatic N) is 4. The second-order valence-electron chi connectivity index (χ2n) is 8.61. The van der Waals surface area contributed by atoms with E-state index in [9.17, 15) is 4.79 Å². The number of carbonyl (C=O) groups is 1. The van der Waals surface area contributed by atoms with Gasteiger partial charge in [-0.15, -0.1) is 0 Å². The van der Waals surface area contributed by atoms with Crippen molar-refractivity contribution in [1.82, 2.24) is 25.2 Å². The van der Waals surface area contributed by atoms with Crippen LogP contribution in [0.15, 0.2) is 66.9 Å². The molecule has 3 heterocycles. The maximum absolute atomic E-state index is 13.2. The molecule has 0 atom stereocenters. The van der Waals surface area contributed by atoms with Gasteiger partial charge in [-0.25, -0.2) is 9.69 Å². The van der Waals surface area contributed by atoms with Gasteiger partial charge in [0.05, 0.1) is 22.1 Å². The summed E-state index contributed by atoms with van der Waals surface area (Å²) in [7, 11) is 0. The molecule has 0 saturated carbocycles. The molecule has 2 aromatic heterocycles. The fourth-order valence-corrected chi connectivity index (χ4v) is 4.90. The molecule has 8 heteroatoms. The number of benzene rings is 2. The minimum absolute atomic E-state index is 0.223. The Labute approximate surface area is 214 Å². The lowest BCUT2D eigenvalue weighted by molar-refractivity contribution is 0.0743. The Morgan fingerprint density at radius 2 is 1.69 bits per heavy atom. The minimum Gasteiger partial charge on any atom is -0.283 e. The van der Waals surface area contributed by atoms with Crippen LogP contribution >= 0.6 is 23.2 Å². The Morgan fingerprint density at radius 3 is 2.37 bits per heavy atom. The second kappa shape index (κ2) is 10.2. The highest BCUT2D eigenvalue weighted by Gasteiger charge is 2.25. The van der Waals surface area contributed by atoms with Crippen LogP contribution in [-0.4, -0.2) is 38.8 Å². The zero-order chi connectivity index (χ0) is 24.4. The highest BCUT2D eigenvalue weighted by molar-refractivity contribution is 6.35. The third kappa shape index (κ3) is 4.96. The molecule has 0 bridgehead atoms. The Bertz CT molecular complexity index is 1350. The van der Waals surface area contributed by atoms with E-state index < -0.39 is 0 Å². The van der Waals surface area contributed by atoms with Crippen LogP contribution in [0.2, 0.25) is 10.0 Å². The lowest BCUT2D eigenvalue weighted by atomic mass is 10.0. The minimum atomic E-state index is -0.223. The van der Waals surface area contributed by atoms with Crippen molar-refractivity contribution in [3.8, 4) is 28.2 Å². The summed E-state index contributed by atoms with van der Waals surface area (Å²) in [5, 5.41) is 7.69. The second-order valence-corrected chi connectivity index (χ2v) is 9.45. The molecular weight excluding hydrogens is 481 g/mol. The number of hydrogen-bond donors (Lipinski definition) is 1. The van der Waals surface area contributed by atoms with E-state index in [1.807, 2.05) is 60.5 Å². The molecule has 4 aromatic rings. The number of pyridine rings is 1. The molecule has 0 unspecified atom stereocenters. The topological polar surface area (TPSA) is 63.1 Å². The van der Waals surface area contributed by atoms with Gasteiger partial charge >= 0.3 is 0 Å². The molecule has 1 aliphatic heterocycles. The predicted octanol–water partition coefficient (Wildman–Crippen LogP) is 6.35. The average molecular weight is 506 g/mol. The molecule has 35 heavy (non-hydrogen) atoms. The van der Waals surface area contributed by atoms with Crippen molar-refractivity contribution in [2.45, 2.75) is 26.2 Å². The fourth-order valence-electron chi connectivity index (χ4n) is 4.41. The van der Waals surface area contributed by atoms with E-state index >= 15 is 0 Å². The molecule has 1 aliphatic rings. The maximum atomic E-state index is 13.2. The van der Waals surface area contributed by atoms with E-state index in [4.69, 9.17) is 28.3 Å². The number of hydrogen-bond acceptors (Lipinski definition) is 4. The zero-order valence-corrected chi connectivity index (χ0v) is 20.9. The summed E-state index contributed by atoms with van der Waals surface area (Å²) in [5.74, 6) is -0.223. The summed E-state index contributed by atoms with van der Waals surface area (Å²) in [6, 6.07) is 19.2. The van der Waals surface area contributed by atoms with Crippen LogP contribution in [0.1, 0.15) is 35.3 Å². The highest BCUT2D eigenvalue weighted by Crippen LogP contribution is 2.33. The smallest absolute Gasteiger partial charge is 0.283 e. The zero-order valence-electron chi connectivity index (χ0n) is 19.3. The lowest BCUT2D eigenvalue weighted by Crippen LogP contribution is -2.45. The lowest BCUT2D eigenvalue weighted by Gasteiger charge is -2.26. The van der Waals surface area contributed by atoms with Crippen molar-refractivity contribution >= 4 is 29.1 Å². The summed E-state index contributed by atoms with van der Waals surface area (Å²) >= 11 is 12.7. The first-order chi connectivity index (χ1) is 17.0. The van der Waals surface area contributed by atoms with Crippen LogP contribution in [0.3, 0.4) is 0 Å². The van der Waals surface area contributed by atoms with Crippen molar-refractivity contribution in [3.63, 3.8) is 0 Å². The van der Waals surface area contributed by atoms with Gasteiger partial charge in [-0.3, -0.25) is 15.2 Å². The standard InChI is InChI=1S/C27H25Cl2N5O/c1-18-25(27(35)32-33-15-5-2-6-16-33)31-34(24-13-12-21(28)17-22(24)29)26(18)20-10-8-19(9-11-20)23-7-3-4-14-30-23/h3-4,7-14,17H,2,5-6,15-16H2,1H3,(H,32,35). The van der Waals surface area contributed by atoms with Crippen LogP contribution in [0, 0.1) is 6.92 Å². The van der Waals surface area contributed by atoms with Crippen LogP contribution in [0.5, 0.6) is 0 Å². The van der Waals surface area contributed by atoms with E-state index in [1.54, 1.807) is 23.0 Å². The van der Waals surface area contributed by atoms with Crippen molar-refractivity contribution in [1.29, 1.82) is 0 Å². The van der Waals surface area contributed by atoms with Gasteiger partial charge in [0, 0.05) is 41.0 Å². The first-order valence-corrected chi connectivity index (χ1v) is 12.4. The van der Waals surface area contributed by atoms with Gasteiger partial charge in [-0.05, 0) is 50.1 Å². The van der Waals surface area contributed by atoms with E-state index in [2.05, 4.69) is 10.4 Å². The number of piperidine rings is 1. The van der Waals surface area contributed by atoms with Gasteiger partial charge in [0.1, 0.15) is 0 Å². The SMILES string of the molecule is Cc1c(C(=O)NN2CCCCC2)nn(-c2ccc(Cl)cc2Cl)c1-c1ccc(-c2ccccn2)cc1. The summed E-state index contributed by atoms with van der Waals surface area (Å²) in [6.07, 6.45) is 5.11. The monoisotopic (exact) mass is 505 g/mol. The third-order valence-electron chi connectivity index (χ3n) is 6.21. The molecule has 5 rings (SSSR count). The molecule has 1 fully saturated rings. The number of rotatable bonds is 5. The van der Waals surface area contributed by atoms with Gasteiger partial charge < -0.3 is 0 Å². The van der Waals surface area contributed by atoms with Gasteiger partial charge in [0.15, 0.2) is 5.69 Å². The first-order valence-electron chi connectivity index (χ1n) is 11.6. The molecule has 0 radical (unpaired) electrons. The van der Waals surface area contributed by atoms with Crippen LogP contribution in [0.4, 0.5) is 0 Å². The van der Waals surface area contributed by atoms with Crippen molar-refractivity contribution in [3.05, 3.63) is 88.2 Å². The molecule has 0 aliphatic carbocycles. The summed E-state index contributed by atoms with van der Waals surface area (Å²) < 4.78 is 1.73. The third-order valence-corrected chi connectivity index (χ3v) is 6.75. The summed E-state index contributed by atoms with van der Waals surface area (Å²) in [4.78, 5) is 17.7. The number of halogens is 2. The molecule has 6 nitrogen and oxygen atoms in total. The molecule has 1 saturated heterocycles. The van der Waals surface area contributed by atoms with Gasteiger partial charge in [-0.1, -0.05) is 60.0 Å². The molecule has 1 amide bonds. The van der Waals surface area contributed by atoms with Crippen LogP contribution in [0.25, 0.3) is 28.2 Å². The van der Waals surface area contributed by atoms with E-state index in [1.165, 1.54) is 6.42 Å². The van der Waals surface area contributed by atoms with Crippen LogP contribution in [-0.2, 0) is 0 Å². The predicted molar refractivity (Wildman–Crippen MR) is 140 cm³/mol. The highest BCUT2D eigenvalue weighted by atomic mass is 35.5. The molecule has 1 N–H and O–H groups in total. The van der Waals surface area contributed by atoms with Crippen molar-refractivity contribution in [2.75, 3.05) is 13.1 Å². The van der Waals surface area contributed by atoms with Crippen molar-refractivity contribution < 1.29 is 4.79 Å². The van der Waals surface area contributed by atoms with Gasteiger partial charge in [0.25, 0.3) is 5.91 Å². The molecule has 2 aromatic carbocycles. The number of nitrogens with one attached hydrogen (secondary N) is 1. The van der Waals surface area contributed by atoms with Crippen LogP contribution < -0.4 is 5.43 Å². The first kappa shape index (κ1) is 23.5. The number of hydrazine groups is 1. The van der Waals surface area contributed by atoms with Gasteiger partial charge in [-0.2, -0.15) is 5.10 Å². The summed E-state index contributed by atoms with van der Waals surface area (Å²) in [5.41, 5.74) is 8.43. The van der Waals surface area contributed by atoms with Crippen molar-refractivity contribution in [2.24, 2.45) is 0 Å². The average Bonchev–Trinajstić information content (AvgIpc) is 3.22. The molecular formula is C27H25Cl2N5O. The Hall–Kier alpha value is -3.19. The largest absolute Gasteiger partial charge is 0.286 e. The van der Waals surface area contributed by atoms with Gasteiger partial charge in [0.2, 0.25) is 0 Å². The number of carbonyl (C=O) groups excluding carboxylic acids is 1. The molecule has 0 spiro atoms. The number of aromatic nitrogens is 3. The number of amides is 1. The Kier molecular flexibility index (Phi) is 6.86. The molecule has 178 valence electrons. The summed E-state index contributed by atoms with van der Waals surface area (Å²) in [6.45, 7) is 3.60. The normalized spacial score (nSPS) is 14.1. The Morgan fingerprint density at radius 1 is 0.943 bits per heavy atom. The van der Waals surface area contributed by atoms with E-state index in [0.717, 1.165) is 54.0 Å².